The van der Waals surface area contributed by atoms with Crippen molar-refractivity contribution < 1.29 is 9.90 Å². The van der Waals surface area contributed by atoms with Crippen LogP contribution >= 0.6 is 0 Å². The van der Waals surface area contributed by atoms with Crippen LogP contribution in [0, 0.1) is 74.9 Å². The fraction of sp³-hybridized carbons (Fsp3) is 0.894. The van der Waals surface area contributed by atoms with Crippen molar-refractivity contribution in [1.82, 2.24) is 29.5 Å². The van der Waals surface area contributed by atoms with Crippen LogP contribution in [0.1, 0.15) is 227 Å². The second kappa shape index (κ2) is 33.5. The number of carbonyl (C=O) groups excluding carboxylic acids is 1. The number of rotatable bonds is 6. The zero-order valence-corrected chi connectivity index (χ0v) is 54.0. The number of nitriles is 1. The first-order valence-corrected chi connectivity index (χ1v) is 30.5. The average Bonchev–Trinajstić information content (AvgIpc) is 3.31. The van der Waals surface area contributed by atoms with Crippen molar-refractivity contribution in [2.24, 2.45) is 56.7 Å². The molecule has 0 radical (unpaired) electrons. The number of hydrogen-bond acceptors (Lipinski definition) is 8. The van der Waals surface area contributed by atoms with Crippen LogP contribution < -0.4 is 0 Å². The van der Waals surface area contributed by atoms with Gasteiger partial charge in [0.05, 0.1) is 12.7 Å². The van der Waals surface area contributed by atoms with Gasteiger partial charge < -0.3 is 29.6 Å². The van der Waals surface area contributed by atoms with Crippen LogP contribution in [0.4, 0.5) is 0 Å². The summed E-state index contributed by atoms with van der Waals surface area (Å²) in [6.07, 6.45) is 18.9. The lowest BCUT2D eigenvalue weighted by molar-refractivity contribution is -0.130. The van der Waals surface area contributed by atoms with Crippen molar-refractivity contribution in [1.29, 1.82) is 5.26 Å². The molecule has 5 aliphatic rings. The summed E-state index contributed by atoms with van der Waals surface area (Å²) in [7, 11) is 2.22. The Morgan fingerprint density at radius 2 is 0.880 bits per heavy atom. The quantitative estimate of drug-likeness (QED) is 0.301. The lowest BCUT2D eigenvalue weighted by atomic mass is 9.75. The Balaban J connectivity index is 0.000000451. The summed E-state index contributed by atoms with van der Waals surface area (Å²) in [5.74, 6) is 4.62. The molecule has 0 atom stereocenters. The van der Waals surface area contributed by atoms with Crippen molar-refractivity contribution in [2.45, 2.75) is 228 Å². The third-order valence-corrected chi connectivity index (χ3v) is 17.9. The third kappa shape index (κ3) is 29.6. The molecule has 75 heavy (non-hydrogen) atoms. The van der Waals surface area contributed by atoms with Gasteiger partial charge in [0.15, 0.2) is 0 Å². The van der Waals surface area contributed by atoms with E-state index in [1.54, 1.807) is 6.92 Å². The molecule has 438 valence electrons. The molecule has 9 heteroatoms. The van der Waals surface area contributed by atoms with Crippen molar-refractivity contribution in [3.63, 3.8) is 0 Å². The van der Waals surface area contributed by atoms with E-state index in [1.165, 1.54) is 141 Å². The smallest absolute Gasteiger partial charge is 0.219 e. The number of carbonyl (C=O) groups is 1. The van der Waals surface area contributed by atoms with Gasteiger partial charge >= 0.3 is 0 Å². The van der Waals surface area contributed by atoms with Crippen LogP contribution in [0.25, 0.3) is 0 Å². The number of β-amino-alcohol motifs (C(OH)–C–C–N with tert-alkyl or cyclic N) is 1. The summed E-state index contributed by atoms with van der Waals surface area (Å²) in [5.41, 5.74) is 5.26. The van der Waals surface area contributed by atoms with Crippen LogP contribution in [0.3, 0.4) is 0 Å². The number of aliphatic hydroxyl groups is 1. The van der Waals surface area contributed by atoms with Gasteiger partial charge in [0, 0.05) is 51.9 Å². The second-order valence-corrected chi connectivity index (χ2v) is 30.1. The number of aromatic nitrogens is 1. The van der Waals surface area contributed by atoms with Crippen molar-refractivity contribution in [3.8, 4) is 6.07 Å². The van der Waals surface area contributed by atoms with Gasteiger partial charge in [-0.2, -0.15) is 5.26 Å². The fourth-order valence-corrected chi connectivity index (χ4v) is 11.9. The summed E-state index contributed by atoms with van der Waals surface area (Å²) in [6, 6.07) is 4.27. The summed E-state index contributed by atoms with van der Waals surface area (Å²) >= 11 is 0. The predicted octanol–water partition coefficient (Wildman–Crippen LogP) is 14.9. The summed E-state index contributed by atoms with van der Waals surface area (Å²) in [5, 5.41) is 17.3. The number of amides is 1. The molecular weight excluding hydrogens is 923 g/mol. The minimum Gasteiger partial charge on any atom is -0.395 e. The van der Waals surface area contributed by atoms with E-state index in [1.807, 2.05) is 17.3 Å². The van der Waals surface area contributed by atoms with Gasteiger partial charge in [-0.25, -0.2) is 0 Å². The van der Waals surface area contributed by atoms with Crippen molar-refractivity contribution in [3.05, 3.63) is 29.6 Å². The third-order valence-electron chi connectivity index (χ3n) is 17.9. The van der Waals surface area contributed by atoms with Gasteiger partial charge in [-0.1, -0.05) is 132 Å². The second-order valence-electron chi connectivity index (χ2n) is 30.1. The zero-order valence-electron chi connectivity index (χ0n) is 54.0. The van der Waals surface area contributed by atoms with Crippen molar-refractivity contribution >= 4 is 5.91 Å². The Hall–Kier alpha value is -2.09. The molecule has 5 fully saturated rings. The maximum atomic E-state index is 11.1. The average molecular weight is 1050 g/mol. The Morgan fingerprint density at radius 3 is 1.15 bits per heavy atom. The first kappa shape index (κ1) is 70.9. The molecule has 0 spiro atoms. The van der Waals surface area contributed by atoms with Crippen LogP contribution in [-0.4, -0.2) is 139 Å². The SMILES string of the molecule is CC(=O)N1CCC(C(C)(C)C)CC1.CC(C)(C)C1CCN(CCC#N)CC1.CC(C)(C)C1CCN(CCO)CC1.CCCN1CCC(C(C)(C)C)CC1.CN1CCC(C(C)(C)C)CC1.Cc1ccncc1C(C)(C)C. The van der Waals surface area contributed by atoms with Crippen LogP contribution in [0.15, 0.2) is 18.5 Å². The molecule has 0 aliphatic carbocycles. The summed E-state index contributed by atoms with van der Waals surface area (Å²) < 4.78 is 0. The highest BCUT2D eigenvalue weighted by Gasteiger charge is 2.32. The Labute approximate surface area is 467 Å². The Bertz CT molecular complexity index is 1640. The number of likely N-dealkylation sites (tertiary alicyclic amines) is 5. The molecule has 6 heterocycles. The number of pyridine rings is 1. The highest BCUT2D eigenvalue weighted by molar-refractivity contribution is 5.73. The van der Waals surface area contributed by atoms with Crippen LogP contribution in [0.5, 0.6) is 0 Å². The molecule has 6 rings (SSSR count). The first-order chi connectivity index (χ1) is 34.5. The molecule has 5 saturated heterocycles. The van der Waals surface area contributed by atoms with E-state index in [2.05, 4.69) is 182 Å². The highest BCUT2D eigenvalue weighted by atomic mass is 16.3. The minimum atomic E-state index is 0.221. The number of nitrogens with zero attached hydrogens (tertiary/aromatic N) is 7. The molecule has 1 N–H and O–H groups in total. The molecule has 0 saturated carbocycles. The minimum absolute atomic E-state index is 0.221. The van der Waals surface area contributed by atoms with Crippen LogP contribution in [-0.2, 0) is 10.2 Å². The summed E-state index contributed by atoms with van der Waals surface area (Å²) in [6.45, 7) is 63.1. The monoisotopic (exact) mass is 1050 g/mol. The molecule has 0 aromatic carbocycles. The largest absolute Gasteiger partial charge is 0.395 e. The van der Waals surface area contributed by atoms with Crippen molar-refractivity contribution in [2.75, 3.05) is 98.7 Å². The van der Waals surface area contributed by atoms with E-state index < -0.39 is 0 Å². The molecule has 1 aromatic rings. The molecule has 1 amide bonds. The van der Waals surface area contributed by atoms with Gasteiger partial charge in [0.2, 0.25) is 5.91 Å². The lowest BCUT2D eigenvalue weighted by Crippen LogP contribution is -2.40. The number of aliphatic hydroxyl groups excluding tert-OH is 1. The van der Waals surface area contributed by atoms with Gasteiger partial charge in [-0.3, -0.25) is 9.78 Å². The van der Waals surface area contributed by atoms with E-state index in [-0.39, 0.29) is 11.3 Å². The highest BCUT2D eigenvalue weighted by Crippen LogP contribution is 2.38. The molecule has 5 aliphatic heterocycles. The van der Waals surface area contributed by atoms with Gasteiger partial charge in [-0.05, 0) is 223 Å². The Kier molecular flexibility index (Phi) is 31.7. The van der Waals surface area contributed by atoms with Gasteiger partial charge in [0.1, 0.15) is 0 Å². The van der Waals surface area contributed by atoms with Crippen LogP contribution in [0.2, 0.25) is 0 Å². The normalized spacial score (nSPS) is 20.3. The van der Waals surface area contributed by atoms with E-state index in [0.717, 1.165) is 55.8 Å². The van der Waals surface area contributed by atoms with Gasteiger partial charge in [0.25, 0.3) is 0 Å². The van der Waals surface area contributed by atoms with E-state index in [0.29, 0.717) is 40.1 Å². The fourth-order valence-electron chi connectivity index (χ4n) is 11.9. The predicted molar refractivity (Wildman–Crippen MR) is 325 cm³/mol. The maximum absolute atomic E-state index is 11.1. The van der Waals surface area contributed by atoms with E-state index >= 15 is 0 Å². The number of piperidine rings is 5. The number of aryl methyl sites for hydroxylation is 1. The molecule has 9 nitrogen and oxygen atoms in total. The molecule has 1 aromatic heterocycles. The molecular formula is C66H127N7O2. The first-order valence-electron chi connectivity index (χ1n) is 30.5. The lowest BCUT2D eigenvalue weighted by Gasteiger charge is -2.38. The standard InChI is InChI=1S/C12H22N2.C12H25N.C11H21NO.C11H23NO.C10H21N.C10H15N/c1-12(2,3)11-5-9-14(10-6-11)8-4-7-13;1-5-8-13-9-6-11(7-10-13)12(2,3)4;1-9(13)12-7-5-10(6-8-12)11(2,3)4;1-11(2,3)10-4-6-12(7-5-10)8-9-13;1-10(2,3)9-5-7-11(4)8-6-9;1-8-5-6-11-7-9(8)10(2,3)4/h11H,4-6,8-10H2,1-3H3;11H,5-10H2,1-4H3;10H,5-8H2,1-4H3;10,13H,4-9H2,1-3H3;9H,5-8H2,1-4H3;5-7H,1-4H3. The maximum Gasteiger partial charge on any atom is 0.219 e. The summed E-state index contributed by atoms with van der Waals surface area (Å²) in [4.78, 5) is 27.0. The number of hydrogen-bond donors (Lipinski definition) is 1. The van der Waals surface area contributed by atoms with E-state index in [9.17, 15) is 4.79 Å². The van der Waals surface area contributed by atoms with E-state index in [4.69, 9.17) is 10.4 Å². The van der Waals surface area contributed by atoms with Gasteiger partial charge in [-0.15, -0.1) is 0 Å². The molecule has 0 unspecified atom stereocenters. The topological polar surface area (TPSA) is 90.2 Å². The molecule has 0 bridgehead atoms. The Morgan fingerprint density at radius 1 is 0.560 bits per heavy atom. The zero-order chi connectivity index (χ0) is 57.4.